The van der Waals surface area contributed by atoms with E-state index in [-0.39, 0.29) is 5.56 Å². The third-order valence-electron chi connectivity index (χ3n) is 14.8. The second-order valence-electron chi connectivity index (χ2n) is 19.2. The average Bonchev–Trinajstić information content (AvgIpc) is 3.92. The van der Waals surface area contributed by atoms with E-state index in [1.54, 1.807) is 0 Å². The van der Waals surface area contributed by atoms with E-state index in [1.165, 1.54) is 6.07 Å². The van der Waals surface area contributed by atoms with Crippen LogP contribution in [0.2, 0.25) is 0 Å². The number of aryl methyl sites for hydroxylation is 4. The maximum absolute atomic E-state index is 14.3. The summed E-state index contributed by atoms with van der Waals surface area (Å²) < 4.78 is 47.2. The molecule has 0 amide bonds. The van der Waals surface area contributed by atoms with Crippen molar-refractivity contribution in [3.8, 4) is 79.1 Å². The molecule has 7 heteroatoms. The van der Waals surface area contributed by atoms with Gasteiger partial charge in [-0.25, -0.2) is 0 Å². The summed E-state index contributed by atoms with van der Waals surface area (Å²) in [6.45, 7) is 8.40. The van der Waals surface area contributed by atoms with Crippen molar-refractivity contribution in [1.82, 2.24) is 9.13 Å². The van der Waals surface area contributed by atoms with Crippen molar-refractivity contribution in [2.45, 2.75) is 33.9 Å². The number of hydrogen-bond acceptors (Lipinski definition) is 2. The zero-order chi connectivity index (χ0) is 51.0. The fourth-order valence-corrected chi connectivity index (χ4v) is 11.1. The maximum Gasteiger partial charge on any atom is 0.416 e. The minimum Gasteiger partial charge on any atom is -0.308 e. The summed E-state index contributed by atoms with van der Waals surface area (Å²) in [4.78, 5) is 0. The van der Waals surface area contributed by atoms with Crippen molar-refractivity contribution in [2.75, 3.05) is 0 Å². The first-order valence-electron chi connectivity index (χ1n) is 24.5. The molecule has 10 aromatic carbocycles. The lowest BCUT2D eigenvalue weighted by molar-refractivity contribution is -0.137. The van der Waals surface area contributed by atoms with E-state index in [4.69, 9.17) is 0 Å². The minimum absolute atomic E-state index is 0.137. The van der Waals surface area contributed by atoms with Gasteiger partial charge in [0.25, 0.3) is 0 Å². The Labute approximate surface area is 426 Å². The summed E-state index contributed by atoms with van der Waals surface area (Å²) in [5.41, 5.74) is 17.5. The van der Waals surface area contributed by atoms with E-state index in [2.05, 4.69) is 170 Å². The first-order valence-corrected chi connectivity index (χ1v) is 24.5. The van der Waals surface area contributed by atoms with Crippen molar-refractivity contribution >= 4 is 43.6 Å². The van der Waals surface area contributed by atoms with Crippen LogP contribution in [0.3, 0.4) is 0 Å². The number of hydrogen-bond donors (Lipinski definition) is 0. The molecule has 4 nitrogen and oxygen atoms in total. The van der Waals surface area contributed by atoms with Gasteiger partial charge in [-0.1, -0.05) is 127 Å². The molecule has 2 heterocycles. The Kier molecular flexibility index (Phi) is 10.9. The van der Waals surface area contributed by atoms with Crippen molar-refractivity contribution < 1.29 is 13.2 Å². The number of rotatable bonds is 7. The highest BCUT2D eigenvalue weighted by Crippen LogP contribution is 2.45. The maximum atomic E-state index is 14.3. The number of halogens is 3. The van der Waals surface area contributed by atoms with Gasteiger partial charge in [0.05, 0.1) is 50.6 Å². The average molecular weight is 963 g/mol. The molecular formula is C67H45F3N4. The van der Waals surface area contributed by atoms with Gasteiger partial charge in [-0.15, -0.1) is 0 Å². The van der Waals surface area contributed by atoms with E-state index >= 15 is 0 Å². The van der Waals surface area contributed by atoms with Gasteiger partial charge >= 0.3 is 6.18 Å². The Balaban J connectivity index is 1.21. The Morgan fingerprint density at radius 2 is 0.689 bits per heavy atom. The second kappa shape index (κ2) is 17.7. The van der Waals surface area contributed by atoms with Gasteiger partial charge < -0.3 is 9.13 Å². The Morgan fingerprint density at radius 1 is 0.351 bits per heavy atom. The molecule has 0 atom stereocenters. The summed E-state index contributed by atoms with van der Waals surface area (Å²) in [7, 11) is 0. The Hall–Kier alpha value is -9.43. The van der Waals surface area contributed by atoms with Crippen LogP contribution in [-0.4, -0.2) is 9.13 Å². The number of alkyl halides is 3. The fourth-order valence-electron chi connectivity index (χ4n) is 11.1. The van der Waals surface area contributed by atoms with Gasteiger partial charge in [0.2, 0.25) is 0 Å². The number of nitrogens with zero attached hydrogens (tertiary/aromatic N) is 4. The van der Waals surface area contributed by atoms with Gasteiger partial charge in [-0.2, -0.15) is 23.7 Å². The lowest BCUT2D eigenvalue weighted by Gasteiger charge is -2.19. The van der Waals surface area contributed by atoms with Gasteiger partial charge in [-0.05, 0) is 178 Å². The van der Waals surface area contributed by atoms with Crippen LogP contribution in [0.5, 0.6) is 0 Å². The highest BCUT2D eigenvalue weighted by atomic mass is 19.4. The standard InChI is InChI=1S/C67H45F3N4/c1-40-13-5-9-17-51(40)44-21-27-61-56(32-44)57-33-45(52-18-10-6-14-41(52)2)22-28-62(57)73(61)65-36-48(55-26-25-50(67(68,69)70)31-49(55)38-71)37-66(60(65)39-72)74-63-29-23-46(53-19-11-7-15-42(53)3)34-58(63)59-35-47(24-30-64(59)74)54-20-12-8-16-43(54)4/h5-37H,1-4H3. The van der Waals surface area contributed by atoms with Crippen molar-refractivity contribution in [2.24, 2.45) is 0 Å². The number of nitriles is 2. The predicted octanol–water partition coefficient (Wildman–Crippen LogP) is 18.2. The molecule has 0 unspecified atom stereocenters. The summed E-state index contributed by atoms with van der Waals surface area (Å²) >= 11 is 0. The number of benzene rings is 10. The first-order chi connectivity index (χ1) is 35.9. The Bertz CT molecular complexity index is 3940. The zero-order valence-corrected chi connectivity index (χ0v) is 41.0. The molecule has 0 aliphatic heterocycles. The Morgan fingerprint density at radius 3 is 0.986 bits per heavy atom. The molecule has 354 valence electrons. The van der Waals surface area contributed by atoms with E-state index in [0.29, 0.717) is 28.1 Å². The molecule has 12 rings (SSSR count). The molecule has 0 spiro atoms. The summed E-state index contributed by atoms with van der Waals surface area (Å²) in [6.07, 6.45) is -4.67. The van der Waals surface area contributed by atoms with Crippen molar-refractivity contribution in [3.63, 3.8) is 0 Å². The van der Waals surface area contributed by atoms with Crippen LogP contribution in [0, 0.1) is 50.4 Å². The monoisotopic (exact) mass is 962 g/mol. The van der Waals surface area contributed by atoms with Crippen LogP contribution in [0.15, 0.2) is 200 Å². The molecule has 12 aromatic rings. The highest BCUT2D eigenvalue weighted by molar-refractivity contribution is 6.14. The molecular weight excluding hydrogens is 918 g/mol. The van der Waals surface area contributed by atoms with Gasteiger partial charge in [0.15, 0.2) is 0 Å². The third-order valence-corrected chi connectivity index (χ3v) is 14.8. The summed E-state index contributed by atoms with van der Waals surface area (Å²) in [5.74, 6) is 0. The number of fused-ring (bicyclic) bond motifs is 6. The van der Waals surface area contributed by atoms with Crippen LogP contribution < -0.4 is 0 Å². The molecule has 0 aliphatic rings. The predicted molar refractivity (Wildman–Crippen MR) is 296 cm³/mol. The van der Waals surface area contributed by atoms with Gasteiger partial charge in [-0.3, -0.25) is 0 Å². The number of aromatic nitrogens is 2. The van der Waals surface area contributed by atoms with E-state index in [0.717, 1.165) is 123 Å². The molecule has 0 saturated heterocycles. The van der Waals surface area contributed by atoms with Crippen LogP contribution >= 0.6 is 0 Å². The van der Waals surface area contributed by atoms with Crippen molar-refractivity contribution in [1.29, 1.82) is 10.5 Å². The fraction of sp³-hybridized carbons (Fsp3) is 0.0746. The van der Waals surface area contributed by atoms with Crippen LogP contribution in [0.4, 0.5) is 13.2 Å². The third kappa shape index (κ3) is 7.52. The van der Waals surface area contributed by atoms with Crippen LogP contribution in [0.1, 0.15) is 38.9 Å². The molecule has 0 fully saturated rings. The van der Waals surface area contributed by atoms with Crippen LogP contribution in [0.25, 0.3) is 111 Å². The minimum atomic E-state index is -4.67. The second-order valence-corrected chi connectivity index (χ2v) is 19.2. The molecule has 0 N–H and O–H groups in total. The van der Waals surface area contributed by atoms with E-state index in [9.17, 15) is 23.7 Å². The molecule has 0 aliphatic carbocycles. The van der Waals surface area contributed by atoms with Crippen LogP contribution in [-0.2, 0) is 6.18 Å². The quantitative estimate of drug-likeness (QED) is 0.160. The SMILES string of the molecule is Cc1ccccc1-c1ccc2c(c1)c1cc(-c3ccccc3C)ccc1n2-c1cc(-c2ccc(C(F)(F)F)cc2C#N)cc(-n2c3ccc(-c4ccccc4C)cc3c3cc(-c4ccccc4C)ccc32)c1C#N. The first kappa shape index (κ1) is 45.7. The largest absolute Gasteiger partial charge is 0.416 e. The smallest absolute Gasteiger partial charge is 0.308 e. The normalized spacial score (nSPS) is 11.7. The molecule has 0 bridgehead atoms. The summed E-state index contributed by atoms with van der Waals surface area (Å²) in [5, 5.41) is 26.3. The lowest BCUT2D eigenvalue weighted by Crippen LogP contribution is -2.07. The molecule has 74 heavy (non-hydrogen) atoms. The topological polar surface area (TPSA) is 57.4 Å². The molecule has 0 saturated carbocycles. The molecule has 2 aromatic heterocycles. The van der Waals surface area contributed by atoms with Crippen molar-refractivity contribution in [3.05, 3.63) is 239 Å². The van der Waals surface area contributed by atoms with E-state index in [1.807, 2.05) is 60.7 Å². The van der Waals surface area contributed by atoms with Gasteiger partial charge in [0.1, 0.15) is 11.6 Å². The highest BCUT2D eigenvalue weighted by Gasteiger charge is 2.32. The van der Waals surface area contributed by atoms with E-state index < -0.39 is 11.7 Å². The lowest BCUT2D eigenvalue weighted by atomic mass is 9.95. The van der Waals surface area contributed by atoms with Gasteiger partial charge in [0, 0.05) is 21.5 Å². The molecule has 0 radical (unpaired) electrons. The summed E-state index contributed by atoms with van der Waals surface area (Å²) in [6, 6.07) is 70.6. The zero-order valence-electron chi connectivity index (χ0n) is 41.0.